The van der Waals surface area contributed by atoms with Gasteiger partial charge >= 0.3 is 0 Å². The van der Waals surface area contributed by atoms with Crippen LogP contribution in [0.15, 0.2) is 28.7 Å². The van der Waals surface area contributed by atoms with Crippen molar-refractivity contribution in [2.75, 3.05) is 23.9 Å². The second kappa shape index (κ2) is 7.58. The molecule has 0 radical (unpaired) electrons. The number of benzene rings is 1. The molecule has 0 bridgehead atoms. The standard InChI is InChI=1S/C15H19Br3O/c16-10-15(11-17,9-12-5-7-19-8-6-12)13-3-1-2-4-14(13)18/h1-4,12H,5-11H2. The van der Waals surface area contributed by atoms with Gasteiger partial charge in [0.2, 0.25) is 0 Å². The number of rotatable bonds is 5. The molecule has 19 heavy (non-hydrogen) atoms. The van der Waals surface area contributed by atoms with E-state index in [1.54, 1.807) is 0 Å². The van der Waals surface area contributed by atoms with Gasteiger partial charge in [0.15, 0.2) is 0 Å². The Morgan fingerprint density at radius 1 is 1.11 bits per heavy atom. The normalized spacial score (nSPS) is 17.6. The summed E-state index contributed by atoms with van der Waals surface area (Å²) in [5, 5.41) is 1.95. The van der Waals surface area contributed by atoms with Crippen molar-refractivity contribution in [3.05, 3.63) is 34.3 Å². The maximum atomic E-state index is 5.48. The van der Waals surface area contributed by atoms with Crippen LogP contribution in [0.4, 0.5) is 0 Å². The average Bonchev–Trinajstić information content (AvgIpc) is 2.47. The zero-order chi connectivity index (χ0) is 13.7. The van der Waals surface area contributed by atoms with Crippen LogP contribution in [-0.2, 0) is 10.2 Å². The lowest BCUT2D eigenvalue weighted by Gasteiger charge is -2.36. The molecule has 1 saturated heterocycles. The van der Waals surface area contributed by atoms with Gasteiger partial charge in [-0.2, -0.15) is 0 Å². The third-order valence-electron chi connectivity index (χ3n) is 3.98. The minimum atomic E-state index is 0.155. The molecule has 0 atom stereocenters. The van der Waals surface area contributed by atoms with E-state index in [0.717, 1.165) is 29.8 Å². The first-order valence-electron chi connectivity index (χ1n) is 6.66. The van der Waals surface area contributed by atoms with Gasteiger partial charge in [-0.15, -0.1) is 0 Å². The Bertz CT molecular complexity index is 398. The molecule has 0 N–H and O–H groups in total. The number of hydrogen-bond donors (Lipinski definition) is 0. The van der Waals surface area contributed by atoms with Crippen molar-refractivity contribution in [2.45, 2.75) is 24.7 Å². The Hall–Kier alpha value is 0.620. The molecule has 1 aliphatic heterocycles. The van der Waals surface area contributed by atoms with E-state index in [0.29, 0.717) is 0 Å². The van der Waals surface area contributed by atoms with E-state index in [4.69, 9.17) is 4.74 Å². The summed E-state index contributed by atoms with van der Waals surface area (Å²) in [4.78, 5) is 0. The first-order chi connectivity index (χ1) is 9.22. The SMILES string of the molecule is BrCC(CBr)(CC1CCOCC1)c1ccccc1Br. The van der Waals surface area contributed by atoms with Crippen LogP contribution in [0.25, 0.3) is 0 Å². The first kappa shape index (κ1) is 16.0. The van der Waals surface area contributed by atoms with Gasteiger partial charge in [-0.3, -0.25) is 0 Å². The number of halogens is 3. The molecule has 1 fully saturated rings. The molecule has 0 aliphatic carbocycles. The lowest BCUT2D eigenvalue weighted by atomic mass is 9.75. The van der Waals surface area contributed by atoms with Crippen LogP contribution in [0.3, 0.4) is 0 Å². The Labute approximate surface area is 140 Å². The van der Waals surface area contributed by atoms with Crippen LogP contribution in [0.1, 0.15) is 24.8 Å². The number of ether oxygens (including phenoxy) is 1. The Kier molecular flexibility index (Phi) is 6.38. The summed E-state index contributed by atoms with van der Waals surface area (Å²) < 4.78 is 6.69. The van der Waals surface area contributed by atoms with Gasteiger partial charge in [0.1, 0.15) is 0 Å². The maximum Gasteiger partial charge on any atom is 0.0468 e. The predicted molar refractivity (Wildman–Crippen MR) is 91.6 cm³/mol. The van der Waals surface area contributed by atoms with Gasteiger partial charge < -0.3 is 4.74 Å². The van der Waals surface area contributed by atoms with Crippen LogP contribution in [0, 0.1) is 5.92 Å². The van der Waals surface area contributed by atoms with Gasteiger partial charge in [0.25, 0.3) is 0 Å². The predicted octanol–water partition coefficient (Wildman–Crippen LogP) is 5.29. The lowest BCUT2D eigenvalue weighted by Crippen LogP contribution is -2.35. The molecule has 2 rings (SSSR count). The third kappa shape index (κ3) is 3.84. The minimum Gasteiger partial charge on any atom is -0.381 e. The van der Waals surface area contributed by atoms with Crippen LogP contribution >= 0.6 is 47.8 Å². The molecule has 1 aromatic carbocycles. The van der Waals surface area contributed by atoms with Crippen LogP contribution < -0.4 is 0 Å². The van der Waals surface area contributed by atoms with Gasteiger partial charge in [-0.1, -0.05) is 66.0 Å². The highest BCUT2D eigenvalue weighted by molar-refractivity contribution is 9.10. The van der Waals surface area contributed by atoms with E-state index < -0.39 is 0 Å². The molecule has 4 heteroatoms. The van der Waals surface area contributed by atoms with Gasteiger partial charge in [-0.05, 0) is 36.8 Å². The fourth-order valence-electron chi connectivity index (χ4n) is 2.79. The Morgan fingerprint density at radius 2 is 1.74 bits per heavy atom. The van der Waals surface area contributed by atoms with Crippen molar-refractivity contribution in [1.29, 1.82) is 0 Å². The largest absolute Gasteiger partial charge is 0.381 e. The zero-order valence-electron chi connectivity index (χ0n) is 10.9. The van der Waals surface area contributed by atoms with Crippen molar-refractivity contribution in [2.24, 2.45) is 5.92 Å². The van der Waals surface area contributed by atoms with E-state index in [9.17, 15) is 0 Å². The molecule has 1 heterocycles. The Balaban J connectivity index is 2.23. The Morgan fingerprint density at radius 3 is 2.32 bits per heavy atom. The van der Waals surface area contributed by atoms with E-state index in [2.05, 4.69) is 72.1 Å². The molecule has 0 aromatic heterocycles. The van der Waals surface area contributed by atoms with E-state index in [1.165, 1.54) is 29.3 Å². The zero-order valence-corrected chi connectivity index (χ0v) is 15.6. The van der Waals surface area contributed by atoms with Crippen molar-refractivity contribution < 1.29 is 4.74 Å². The minimum absolute atomic E-state index is 0.155. The summed E-state index contributed by atoms with van der Waals surface area (Å²) in [7, 11) is 0. The van der Waals surface area contributed by atoms with Crippen molar-refractivity contribution in [3.63, 3.8) is 0 Å². The number of alkyl halides is 2. The highest BCUT2D eigenvalue weighted by Crippen LogP contribution is 2.40. The second-order valence-corrected chi connectivity index (χ2v) is 7.26. The summed E-state index contributed by atoms with van der Waals surface area (Å²) in [6, 6.07) is 8.59. The molecule has 0 amide bonds. The van der Waals surface area contributed by atoms with Crippen molar-refractivity contribution in [3.8, 4) is 0 Å². The quantitative estimate of drug-likeness (QED) is 0.549. The average molecular weight is 455 g/mol. The van der Waals surface area contributed by atoms with Gasteiger partial charge in [0.05, 0.1) is 0 Å². The topological polar surface area (TPSA) is 9.23 Å². The fourth-order valence-corrected chi connectivity index (χ4v) is 5.49. The summed E-state index contributed by atoms with van der Waals surface area (Å²) in [6.45, 7) is 1.84. The third-order valence-corrected chi connectivity index (χ3v) is 6.82. The molecule has 1 nitrogen and oxygen atoms in total. The van der Waals surface area contributed by atoms with Crippen molar-refractivity contribution in [1.82, 2.24) is 0 Å². The highest BCUT2D eigenvalue weighted by Gasteiger charge is 2.35. The molecular formula is C15H19Br3O. The van der Waals surface area contributed by atoms with Crippen LogP contribution in [-0.4, -0.2) is 23.9 Å². The summed E-state index contributed by atoms with van der Waals surface area (Å²) in [6.07, 6.45) is 3.58. The van der Waals surface area contributed by atoms with E-state index in [1.807, 2.05) is 0 Å². The molecule has 0 unspecified atom stereocenters. The summed E-state index contributed by atoms with van der Waals surface area (Å²) in [5.74, 6) is 0.760. The lowest BCUT2D eigenvalue weighted by molar-refractivity contribution is 0.0583. The van der Waals surface area contributed by atoms with E-state index >= 15 is 0 Å². The highest BCUT2D eigenvalue weighted by atomic mass is 79.9. The molecule has 0 saturated carbocycles. The monoisotopic (exact) mass is 452 g/mol. The maximum absolute atomic E-state index is 5.48. The van der Waals surface area contributed by atoms with Crippen molar-refractivity contribution >= 4 is 47.8 Å². The molecule has 0 spiro atoms. The summed E-state index contributed by atoms with van der Waals surface area (Å²) in [5.41, 5.74) is 1.55. The summed E-state index contributed by atoms with van der Waals surface area (Å²) >= 11 is 11.2. The molecule has 1 aliphatic rings. The second-order valence-electron chi connectivity index (χ2n) is 5.29. The molecule has 1 aromatic rings. The first-order valence-corrected chi connectivity index (χ1v) is 9.70. The molecule has 106 valence electrons. The van der Waals surface area contributed by atoms with E-state index in [-0.39, 0.29) is 5.41 Å². The smallest absolute Gasteiger partial charge is 0.0468 e. The fraction of sp³-hybridized carbons (Fsp3) is 0.600. The van der Waals surface area contributed by atoms with Crippen LogP contribution in [0.2, 0.25) is 0 Å². The number of hydrogen-bond acceptors (Lipinski definition) is 1. The van der Waals surface area contributed by atoms with Gasteiger partial charge in [0, 0.05) is 33.8 Å². The molecular weight excluding hydrogens is 436 g/mol. The van der Waals surface area contributed by atoms with Gasteiger partial charge in [-0.25, -0.2) is 0 Å². The van der Waals surface area contributed by atoms with Crippen LogP contribution in [0.5, 0.6) is 0 Å².